The molecule has 186 valence electrons. The zero-order valence-electron chi connectivity index (χ0n) is 20.6. The van der Waals surface area contributed by atoms with Crippen LogP contribution in [0.25, 0.3) is 0 Å². The first-order valence-corrected chi connectivity index (χ1v) is 11.5. The number of rotatable bonds is 8. The number of ether oxygens (including phenoxy) is 3. The number of hydrogen-bond donors (Lipinski definition) is 1. The van der Waals surface area contributed by atoms with E-state index in [2.05, 4.69) is 10.2 Å². The summed E-state index contributed by atoms with van der Waals surface area (Å²) in [6.07, 6.45) is 0.480. The van der Waals surface area contributed by atoms with Gasteiger partial charge in [-0.1, -0.05) is 13.0 Å². The molecule has 0 aliphatic carbocycles. The van der Waals surface area contributed by atoms with Crippen molar-refractivity contribution in [1.29, 1.82) is 0 Å². The van der Waals surface area contributed by atoms with Gasteiger partial charge < -0.3 is 24.4 Å². The van der Waals surface area contributed by atoms with Crippen molar-refractivity contribution in [3.05, 3.63) is 35.0 Å². The van der Waals surface area contributed by atoms with Crippen LogP contribution in [0.3, 0.4) is 0 Å². The second-order valence-electron chi connectivity index (χ2n) is 8.15. The largest absolute Gasteiger partial charge is 0.493 e. The molecule has 34 heavy (non-hydrogen) atoms. The SMILES string of the molecule is CCOC(=O)C1=C(CN2CCN(C(=O)CC)CC2)N(C)C(=O)N[C@@H]1c1ccc(OC)c(OC)c1. The first-order valence-electron chi connectivity index (χ1n) is 11.5. The van der Waals surface area contributed by atoms with E-state index in [1.807, 2.05) is 11.8 Å². The van der Waals surface area contributed by atoms with Gasteiger partial charge in [-0.25, -0.2) is 9.59 Å². The molecular formula is C24H34N4O6. The van der Waals surface area contributed by atoms with Gasteiger partial charge in [0.1, 0.15) is 0 Å². The van der Waals surface area contributed by atoms with Crippen LogP contribution in [0.15, 0.2) is 29.5 Å². The van der Waals surface area contributed by atoms with Crippen molar-refractivity contribution < 1.29 is 28.6 Å². The van der Waals surface area contributed by atoms with E-state index in [0.29, 0.717) is 67.5 Å². The molecule has 0 spiro atoms. The maximum absolute atomic E-state index is 13.2. The smallest absolute Gasteiger partial charge is 0.338 e. The number of nitrogens with zero attached hydrogens (tertiary/aromatic N) is 3. The van der Waals surface area contributed by atoms with Crippen LogP contribution in [-0.4, -0.2) is 93.2 Å². The number of carbonyl (C=O) groups is 3. The van der Waals surface area contributed by atoms with Gasteiger partial charge in [-0.05, 0) is 24.6 Å². The number of likely N-dealkylation sites (N-methyl/N-ethyl adjacent to an activating group) is 1. The molecule has 2 aliphatic rings. The van der Waals surface area contributed by atoms with E-state index in [-0.39, 0.29) is 18.5 Å². The summed E-state index contributed by atoms with van der Waals surface area (Å²) < 4.78 is 16.1. The lowest BCUT2D eigenvalue weighted by Gasteiger charge is -2.39. The highest BCUT2D eigenvalue weighted by molar-refractivity contribution is 5.95. The normalized spacial score (nSPS) is 19.1. The summed E-state index contributed by atoms with van der Waals surface area (Å²) >= 11 is 0. The molecule has 0 radical (unpaired) electrons. The molecule has 1 fully saturated rings. The maximum Gasteiger partial charge on any atom is 0.338 e. The van der Waals surface area contributed by atoms with Gasteiger partial charge in [-0.2, -0.15) is 0 Å². The molecule has 10 heteroatoms. The van der Waals surface area contributed by atoms with Crippen LogP contribution in [0.5, 0.6) is 11.5 Å². The minimum Gasteiger partial charge on any atom is -0.493 e. The van der Waals surface area contributed by atoms with Gasteiger partial charge in [0, 0.05) is 51.9 Å². The molecule has 0 aromatic heterocycles. The van der Waals surface area contributed by atoms with Crippen molar-refractivity contribution >= 4 is 17.9 Å². The number of carbonyl (C=O) groups excluding carboxylic acids is 3. The van der Waals surface area contributed by atoms with Crippen molar-refractivity contribution in [3.8, 4) is 11.5 Å². The number of benzene rings is 1. The summed E-state index contributed by atoms with van der Waals surface area (Å²) in [5.41, 5.74) is 1.64. The average Bonchev–Trinajstić information content (AvgIpc) is 2.86. The fourth-order valence-corrected chi connectivity index (χ4v) is 4.27. The Kier molecular flexibility index (Phi) is 8.38. The average molecular weight is 475 g/mol. The molecule has 3 amide bonds. The van der Waals surface area contributed by atoms with Crippen LogP contribution >= 0.6 is 0 Å². The van der Waals surface area contributed by atoms with Crippen LogP contribution in [0.1, 0.15) is 31.9 Å². The van der Waals surface area contributed by atoms with E-state index in [4.69, 9.17) is 14.2 Å². The predicted octanol–water partition coefficient (Wildman–Crippen LogP) is 1.77. The van der Waals surface area contributed by atoms with E-state index < -0.39 is 12.0 Å². The second kappa shape index (κ2) is 11.2. The van der Waals surface area contributed by atoms with Crippen molar-refractivity contribution in [2.45, 2.75) is 26.3 Å². The van der Waals surface area contributed by atoms with Gasteiger partial charge in [0.25, 0.3) is 0 Å². The first-order chi connectivity index (χ1) is 16.3. The first kappa shape index (κ1) is 25.4. The van der Waals surface area contributed by atoms with Gasteiger partial charge in [0.2, 0.25) is 5.91 Å². The van der Waals surface area contributed by atoms with Crippen LogP contribution in [-0.2, 0) is 14.3 Å². The van der Waals surface area contributed by atoms with Gasteiger partial charge in [-0.3, -0.25) is 14.6 Å². The number of nitrogens with one attached hydrogen (secondary N) is 1. The summed E-state index contributed by atoms with van der Waals surface area (Å²) in [5, 5.41) is 2.92. The minimum absolute atomic E-state index is 0.133. The zero-order chi connectivity index (χ0) is 24.8. The zero-order valence-corrected chi connectivity index (χ0v) is 20.6. The van der Waals surface area contributed by atoms with Crippen molar-refractivity contribution in [3.63, 3.8) is 0 Å². The molecule has 1 N–H and O–H groups in total. The fraction of sp³-hybridized carbons (Fsp3) is 0.542. The van der Waals surface area contributed by atoms with E-state index in [9.17, 15) is 14.4 Å². The lowest BCUT2D eigenvalue weighted by atomic mass is 9.94. The Bertz CT molecular complexity index is 955. The Morgan fingerprint density at radius 2 is 1.74 bits per heavy atom. The number of hydrogen-bond acceptors (Lipinski definition) is 7. The van der Waals surface area contributed by atoms with E-state index >= 15 is 0 Å². The van der Waals surface area contributed by atoms with Gasteiger partial charge in [0.05, 0.1) is 32.4 Å². The Hall–Kier alpha value is -3.27. The van der Waals surface area contributed by atoms with Gasteiger partial charge in [0.15, 0.2) is 11.5 Å². The highest BCUT2D eigenvalue weighted by Gasteiger charge is 2.38. The van der Waals surface area contributed by atoms with Crippen molar-refractivity contribution in [1.82, 2.24) is 20.0 Å². The molecule has 1 aromatic carbocycles. The van der Waals surface area contributed by atoms with Crippen molar-refractivity contribution in [2.24, 2.45) is 0 Å². The molecular weight excluding hydrogens is 440 g/mol. The molecule has 2 aliphatic heterocycles. The third kappa shape index (κ3) is 5.27. The molecule has 1 aromatic rings. The van der Waals surface area contributed by atoms with E-state index in [1.165, 1.54) is 12.0 Å². The Labute approximate surface area is 200 Å². The number of esters is 1. The van der Waals surface area contributed by atoms with Gasteiger partial charge in [-0.15, -0.1) is 0 Å². The number of amides is 3. The molecule has 1 saturated heterocycles. The molecule has 0 unspecified atom stereocenters. The van der Waals surface area contributed by atoms with Crippen LogP contribution in [0.4, 0.5) is 4.79 Å². The standard InChI is InChI=1S/C24H34N4O6/c1-6-20(29)28-12-10-27(11-13-28)15-17-21(23(30)34-7-2)22(25-24(31)26(17)3)16-8-9-18(32-4)19(14-16)33-5/h8-9,14,22H,6-7,10-13,15H2,1-5H3,(H,25,31)/t22-/m1/s1. The summed E-state index contributed by atoms with van der Waals surface area (Å²) in [7, 11) is 4.72. The summed E-state index contributed by atoms with van der Waals surface area (Å²) in [5.74, 6) is 0.694. The van der Waals surface area contributed by atoms with E-state index in [0.717, 1.165) is 0 Å². The van der Waals surface area contributed by atoms with E-state index in [1.54, 1.807) is 39.3 Å². The predicted molar refractivity (Wildman–Crippen MR) is 126 cm³/mol. The monoisotopic (exact) mass is 474 g/mol. The quantitative estimate of drug-likeness (QED) is 0.573. The molecule has 10 nitrogen and oxygen atoms in total. The molecule has 0 bridgehead atoms. The minimum atomic E-state index is -0.708. The molecule has 2 heterocycles. The molecule has 1 atom stereocenters. The topological polar surface area (TPSA) is 101 Å². The maximum atomic E-state index is 13.2. The number of methoxy groups -OCH3 is 2. The fourth-order valence-electron chi connectivity index (χ4n) is 4.27. The molecule has 0 saturated carbocycles. The second-order valence-corrected chi connectivity index (χ2v) is 8.15. The lowest BCUT2D eigenvalue weighted by molar-refractivity contribution is -0.139. The Morgan fingerprint density at radius 3 is 2.32 bits per heavy atom. The highest BCUT2D eigenvalue weighted by Crippen LogP contribution is 2.36. The third-order valence-corrected chi connectivity index (χ3v) is 6.21. The van der Waals surface area contributed by atoms with Crippen LogP contribution < -0.4 is 14.8 Å². The summed E-state index contributed by atoms with van der Waals surface area (Å²) in [6.45, 7) is 6.74. The van der Waals surface area contributed by atoms with Gasteiger partial charge >= 0.3 is 12.0 Å². The van der Waals surface area contributed by atoms with Crippen molar-refractivity contribution in [2.75, 3.05) is 60.6 Å². The van der Waals surface area contributed by atoms with Crippen LogP contribution in [0, 0.1) is 0 Å². The van der Waals surface area contributed by atoms with Crippen LogP contribution in [0.2, 0.25) is 0 Å². The highest BCUT2D eigenvalue weighted by atomic mass is 16.5. The summed E-state index contributed by atoms with van der Waals surface area (Å²) in [6, 6.07) is 4.26. The number of piperazine rings is 1. The number of urea groups is 1. The summed E-state index contributed by atoms with van der Waals surface area (Å²) in [4.78, 5) is 43.6. The third-order valence-electron chi connectivity index (χ3n) is 6.21. The molecule has 3 rings (SSSR count). The Balaban J connectivity index is 1.97. The lowest BCUT2D eigenvalue weighted by Crippen LogP contribution is -2.53. The Morgan fingerprint density at radius 1 is 1.06 bits per heavy atom.